The Balaban J connectivity index is 1.72. The van der Waals surface area contributed by atoms with Gasteiger partial charge in [-0.25, -0.2) is 13.2 Å². The number of aliphatic hydroxyl groups excluding tert-OH is 1. The summed E-state index contributed by atoms with van der Waals surface area (Å²) in [6.45, 7) is 0.366. The highest BCUT2D eigenvalue weighted by atomic mass is 19.3. The average molecular weight is 347 g/mol. The minimum atomic E-state index is -2.88. The van der Waals surface area contributed by atoms with E-state index in [1.807, 2.05) is 0 Å². The van der Waals surface area contributed by atoms with Crippen LogP contribution in [-0.2, 0) is 6.54 Å². The maximum atomic E-state index is 13.5. The van der Waals surface area contributed by atoms with Gasteiger partial charge in [-0.1, -0.05) is 6.07 Å². The van der Waals surface area contributed by atoms with E-state index in [2.05, 4.69) is 10.1 Å². The van der Waals surface area contributed by atoms with Crippen molar-refractivity contribution in [3.05, 3.63) is 48.0 Å². The number of pyridine rings is 1. The van der Waals surface area contributed by atoms with Gasteiger partial charge in [0.05, 0.1) is 29.9 Å². The molecule has 0 unspecified atom stereocenters. The zero-order valence-corrected chi connectivity index (χ0v) is 13.2. The third-order valence-corrected chi connectivity index (χ3v) is 4.59. The summed E-state index contributed by atoms with van der Waals surface area (Å²) in [5, 5.41) is 14.4. The zero-order valence-electron chi connectivity index (χ0n) is 13.2. The van der Waals surface area contributed by atoms with Gasteiger partial charge >= 0.3 is 0 Å². The summed E-state index contributed by atoms with van der Waals surface area (Å²) >= 11 is 0. The number of nitrogens with zero attached hydrogens (tertiary/aromatic N) is 3. The first kappa shape index (κ1) is 16.1. The van der Waals surface area contributed by atoms with Crippen LogP contribution in [0.25, 0.3) is 22.2 Å². The van der Waals surface area contributed by atoms with Crippen molar-refractivity contribution in [3.63, 3.8) is 0 Å². The van der Waals surface area contributed by atoms with Crippen LogP contribution in [0.5, 0.6) is 0 Å². The summed E-state index contributed by atoms with van der Waals surface area (Å²) in [6, 6.07) is 5.40. The molecular formula is C18H16F3N3O. The first-order chi connectivity index (χ1) is 12.0. The van der Waals surface area contributed by atoms with Crippen molar-refractivity contribution in [2.24, 2.45) is 5.92 Å². The molecule has 0 aliphatic heterocycles. The van der Waals surface area contributed by atoms with Crippen molar-refractivity contribution in [2.75, 3.05) is 0 Å². The number of hydrogen-bond acceptors (Lipinski definition) is 3. The fourth-order valence-electron chi connectivity index (χ4n) is 2.96. The van der Waals surface area contributed by atoms with Crippen LogP contribution in [0.3, 0.4) is 0 Å². The van der Waals surface area contributed by atoms with E-state index in [1.165, 1.54) is 6.07 Å². The van der Waals surface area contributed by atoms with Gasteiger partial charge in [0.1, 0.15) is 11.3 Å². The minimum Gasteiger partial charge on any atom is -0.391 e. The van der Waals surface area contributed by atoms with Gasteiger partial charge in [-0.2, -0.15) is 5.10 Å². The molecule has 1 aliphatic rings. The van der Waals surface area contributed by atoms with Gasteiger partial charge in [0.25, 0.3) is 6.43 Å². The molecule has 1 aromatic carbocycles. The molecule has 0 amide bonds. The topological polar surface area (TPSA) is 50.9 Å². The van der Waals surface area contributed by atoms with E-state index in [0.717, 1.165) is 25.0 Å². The van der Waals surface area contributed by atoms with Crippen LogP contribution < -0.4 is 0 Å². The molecule has 0 radical (unpaired) electrons. The third kappa shape index (κ3) is 3.11. The van der Waals surface area contributed by atoms with Crippen molar-refractivity contribution in [2.45, 2.75) is 31.9 Å². The standard InChI is InChI=1S/C18H16F3N3O/c19-14-4-3-11(5-13(14)18(20)21)12-6-16-15(22-7-12)8-23-24(16)9-17(25)10-1-2-10/h3-8,10,17-18,25H,1-2,9H2/t17-/m0/s1. The number of hydrogen-bond donors (Lipinski definition) is 1. The number of halogens is 3. The largest absolute Gasteiger partial charge is 0.391 e. The van der Waals surface area contributed by atoms with Crippen molar-refractivity contribution < 1.29 is 18.3 Å². The fraction of sp³-hybridized carbons (Fsp3) is 0.333. The lowest BCUT2D eigenvalue weighted by Crippen LogP contribution is -2.18. The van der Waals surface area contributed by atoms with Gasteiger partial charge in [-0.3, -0.25) is 9.67 Å². The highest BCUT2D eigenvalue weighted by Gasteiger charge is 2.30. The monoisotopic (exact) mass is 347 g/mol. The maximum absolute atomic E-state index is 13.5. The Hall–Kier alpha value is -2.41. The van der Waals surface area contributed by atoms with Gasteiger partial charge < -0.3 is 5.11 Å². The molecule has 1 saturated carbocycles. The molecule has 1 aliphatic carbocycles. The summed E-state index contributed by atoms with van der Waals surface area (Å²) in [5.74, 6) is -0.605. The third-order valence-electron chi connectivity index (χ3n) is 4.59. The van der Waals surface area contributed by atoms with Crippen molar-refractivity contribution in [3.8, 4) is 11.1 Å². The van der Waals surface area contributed by atoms with Crippen molar-refractivity contribution in [1.82, 2.24) is 14.8 Å². The molecule has 2 aromatic heterocycles. The number of alkyl halides is 2. The van der Waals surface area contributed by atoms with E-state index in [1.54, 1.807) is 23.1 Å². The summed E-state index contributed by atoms with van der Waals surface area (Å²) in [5.41, 5.74) is 1.79. The quantitative estimate of drug-likeness (QED) is 0.760. The molecule has 3 aromatic rings. The summed E-state index contributed by atoms with van der Waals surface area (Å²) < 4.78 is 41.0. The molecule has 0 bridgehead atoms. The molecule has 4 rings (SSSR count). The zero-order chi connectivity index (χ0) is 17.6. The predicted octanol–water partition coefficient (Wildman–Crippen LogP) is 3.95. The van der Waals surface area contributed by atoms with Gasteiger partial charge in [-0.15, -0.1) is 0 Å². The van der Waals surface area contributed by atoms with E-state index < -0.39 is 23.9 Å². The molecule has 1 fully saturated rings. The Morgan fingerprint density at radius 1 is 1.16 bits per heavy atom. The van der Waals surface area contributed by atoms with Crippen LogP contribution in [0.4, 0.5) is 13.2 Å². The minimum absolute atomic E-state index is 0.320. The van der Waals surface area contributed by atoms with Crippen LogP contribution in [0.15, 0.2) is 36.7 Å². The summed E-state index contributed by atoms with van der Waals surface area (Å²) in [6.07, 6.45) is 1.87. The Bertz CT molecular complexity index is 921. The lowest BCUT2D eigenvalue weighted by Gasteiger charge is -2.11. The Morgan fingerprint density at radius 3 is 2.68 bits per heavy atom. The van der Waals surface area contributed by atoms with Crippen LogP contribution in [0, 0.1) is 11.7 Å². The maximum Gasteiger partial charge on any atom is 0.266 e. The molecule has 130 valence electrons. The van der Waals surface area contributed by atoms with E-state index in [4.69, 9.17) is 0 Å². The number of rotatable bonds is 5. The Kier molecular flexibility index (Phi) is 3.95. The number of aliphatic hydroxyl groups is 1. The second kappa shape index (κ2) is 6.15. The number of benzene rings is 1. The molecule has 1 N–H and O–H groups in total. The Labute approximate surface area is 141 Å². The normalized spacial score (nSPS) is 15.9. The second-order valence-electron chi connectivity index (χ2n) is 6.40. The molecule has 2 heterocycles. The summed E-state index contributed by atoms with van der Waals surface area (Å²) in [7, 11) is 0. The van der Waals surface area contributed by atoms with Crippen LogP contribution in [-0.4, -0.2) is 26.0 Å². The molecule has 0 spiro atoms. The number of fused-ring (bicyclic) bond motifs is 1. The lowest BCUT2D eigenvalue weighted by molar-refractivity contribution is 0.128. The predicted molar refractivity (Wildman–Crippen MR) is 86.6 cm³/mol. The highest BCUT2D eigenvalue weighted by molar-refractivity contribution is 5.80. The molecule has 7 heteroatoms. The molecule has 4 nitrogen and oxygen atoms in total. The number of aromatic nitrogens is 3. The first-order valence-corrected chi connectivity index (χ1v) is 8.10. The van der Waals surface area contributed by atoms with E-state index in [9.17, 15) is 18.3 Å². The average Bonchev–Trinajstić information content (AvgIpc) is 3.38. The van der Waals surface area contributed by atoms with E-state index >= 15 is 0 Å². The highest BCUT2D eigenvalue weighted by Crippen LogP contribution is 2.34. The van der Waals surface area contributed by atoms with Gasteiger partial charge in [0.2, 0.25) is 0 Å². The fourth-order valence-corrected chi connectivity index (χ4v) is 2.96. The van der Waals surface area contributed by atoms with Gasteiger partial charge in [0.15, 0.2) is 0 Å². The van der Waals surface area contributed by atoms with E-state index in [0.29, 0.717) is 34.6 Å². The van der Waals surface area contributed by atoms with Crippen LogP contribution in [0.1, 0.15) is 24.8 Å². The van der Waals surface area contributed by atoms with Crippen LogP contribution in [0.2, 0.25) is 0 Å². The van der Waals surface area contributed by atoms with E-state index in [-0.39, 0.29) is 0 Å². The van der Waals surface area contributed by atoms with Gasteiger partial charge in [-0.05, 0) is 42.5 Å². The SMILES string of the molecule is O[C@@H](Cn1ncc2ncc(-c3ccc(F)c(C(F)F)c3)cc21)C1CC1. The molecular weight excluding hydrogens is 331 g/mol. The molecule has 0 saturated heterocycles. The van der Waals surface area contributed by atoms with Crippen molar-refractivity contribution >= 4 is 11.0 Å². The lowest BCUT2D eigenvalue weighted by atomic mass is 10.0. The van der Waals surface area contributed by atoms with Crippen LogP contribution >= 0.6 is 0 Å². The van der Waals surface area contributed by atoms with Crippen molar-refractivity contribution in [1.29, 1.82) is 0 Å². The smallest absolute Gasteiger partial charge is 0.266 e. The van der Waals surface area contributed by atoms with Gasteiger partial charge in [0, 0.05) is 11.8 Å². The first-order valence-electron chi connectivity index (χ1n) is 8.10. The summed E-state index contributed by atoms with van der Waals surface area (Å²) in [4.78, 5) is 4.30. The molecule has 1 atom stereocenters. The molecule has 25 heavy (non-hydrogen) atoms. The second-order valence-corrected chi connectivity index (χ2v) is 6.40. The Morgan fingerprint density at radius 2 is 1.96 bits per heavy atom.